The van der Waals surface area contributed by atoms with Crippen LogP contribution in [0.3, 0.4) is 0 Å². The first-order valence-corrected chi connectivity index (χ1v) is 6.89. The Bertz CT molecular complexity index is 461. The minimum atomic E-state index is -0.0700. The van der Waals surface area contributed by atoms with Crippen molar-refractivity contribution in [1.29, 1.82) is 0 Å². The van der Waals surface area contributed by atoms with Crippen LogP contribution in [0.25, 0.3) is 0 Å². The maximum Gasteiger partial charge on any atom is 0.256 e. The van der Waals surface area contributed by atoms with E-state index in [1.165, 1.54) is 7.11 Å². The zero-order valence-electron chi connectivity index (χ0n) is 12.7. The van der Waals surface area contributed by atoms with E-state index in [1.54, 1.807) is 24.1 Å². The van der Waals surface area contributed by atoms with Crippen LogP contribution in [0.15, 0.2) is 12.1 Å². The monoisotopic (exact) mass is 280 g/mol. The number of benzene rings is 1. The molecule has 20 heavy (non-hydrogen) atoms. The minimum Gasteiger partial charge on any atom is -0.493 e. The number of amides is 1. The standard InChI is InChI=1S/C15H24N2O3/c1-5-7-8-17(6-2)15(18)11-9-13(19-3)14(20-4)10-12(11)16/h9-10H,5-8,16H2,1-4H3. The van der Waals surface area contributed by atoms with Crippen molar-refractivity contribution in [2.45, 2.75) is 26.7 Å². The maximum absolute atomic E-state index is 12.5. The first kappa shape index (κ1) is 16.1. The van der Waals surface area contributed by atoms with E-state index in [2.05, 4.69) is 6.92 Å². The number of carbonyl (C=O) groups is 1. The van der Waals surface area contributed by atoms with Crippen LogP contribution in [-0.2, 0) is 0 Å². The smallest absolute Gasteiger partial charge is 0.256 e. The Morgan fingerprint density at radius 1 is 1.20 bits per heavy atom. The molecule has 1 amide bonds. The van der Waals surface area contributed by atoms with Crippen molar-refractivity contribution in [3.05, 3.63) is 17.7 Å². The fourth-order valence-corrected chi connectivity index (χ4v) is 2.00. The summed E-state index contributed by atoms with van der Waals surface area (Å²) in [5.74, 6) is 0.967. The van der Waals surface area contributed by atoms with E-state index >= 15 is 0 Å². The zero-order valence-corrected chi connectivity index (χ0v) is 12.7. The van der Waals surface area contributed by atoms with Gasteiger partial charge in [0.15, 0.2) is 11.5 Å². The molecule has 0 unspecified atom stereocenters. The molecule has 5 nitrogen and oxygen atoms in total. The fourth-order valence-electron chi connectivity index (χ4n) is 2.00. The van der Waals surface area contributed by atoms with Crippen LogP contribution < -0.4 is 15.2 Å². The molecule has 0 spiro atoms. The van der Waals surface area contributed by atoms with Gasteiger partial charge in [-0.15, -0.1) is 0 Å². The lowest BCUT2D eigenvalue weighted by Gasteiger charge is -2.22. The van der Waals surface area contributed by atoms with Gasteiger partial charge in [0, 0.05) is 24.8 Å². The van der Waals surface area contributed by atoms with Crippen LogP contribution in [0.2, 0.25) is 0 Å². The first-order valence-electron chi connectivity index (χ1n) is 6.89. The molecule has 0 saturated carbocycles. The largest absolute Gasteiger partial charge is 0.493 e. The lowest BCUT2D eigenvalue weighted by Crippen LogP contribution is -2.32. The number of nitrogen functional groups attached to an aromatic ring is 1. The van der Waals surface area contributed by atoms with Crippen LogP contribution >= 0.6 is 0 Å². The maximum atomic E-state index is 12.5. The normalized spacial score (nSPS) is 10.2. The second-order valence-corrected chi connectivity index (χ2v) is 4.53. The number of hydrogen-bond donors (Lipinski definition) is 1. The molecule has 1 aromatic carbocycles. The van der Waals surface area contributed by atoms with Gasteiger partial charge < -0.3 is 20.1 Å². The van der Waals surface area contributed by atoms with Crippen LogP contribution in [0, 0.1) is 0 Å². The van der Waals surface area contributed by atoms with Gasteiger partial charge >= 0.3 is 0 Å². The Kier molecular flexibility index (Phi) is 6.15. The summed E-state index contributed by atoms with van der Waals surface area (Å²) in [5, 5.41) is 0. The average molecular weight is 280 g/mol. The molecule has 0 aliphatic carbocycles. The summed E-state index contributed by atoms with van der Waals surface area (Å²) in [6, 6.07) is 3.27. The molecule has 1 aromatic rings. The van der Waals surface area contributed by atoms with E-state index in [0.29, 0.717) is 29.3 Å². The Morgan fingerprint density at radius 3 is 2.30 bits per heavy atom. The Morgan fingerprint density at radius 2 is 1.80 bits per heavy atom. The molecule has 0 heterocycles. The van der Waals surface area contributed by atoms with Gasteiger partial charge in [-0.2, -0.15) is 0 Å². The number of nitrogens with zero attached hydrogens (tertiary/aromatic N) is 1. The number of methoxy groups -OCH3 is 2. The molecule has 0 radical (unpaired) electrons. The van der Waals surface area contributed by atoms with E-state index in [-0.39, 0.29) is 5.91 Å². The second-order valence-electron chi connectivity index (χ2n) is 4.53. The summed E-state index contributed by atoms with van der Waals surface area (Å²) in [5.41, 5.74) is 6.82. The van der Waals surface area contributed by atoms with Gasteiger partial charge in [0.25, 0.3) is 5.91 Å². The van der Waals surface area contributed by atoms with E-state index in [4.69, 9.17) is 15.2 Å². The summed E-state index contributed by atoms with van der Waals surface area (Å²) in [6.07, 6.45) is 2.03. The Hall–Kier alpha value is -1.91. The van der Waals surface area contributed by atoms with Gasteiger partial charge in [0.05, 0.1) is 19.8 Å². The zero-order chi connectivity index (χ0) is 15.1. The summed E-state index contributed by atoms with van der Waals surface area (Å²) in [7, 11) is 3.08. The van der Waals surface area contributed by atoms with Crippen molar-refractivity contribution in [2.75, 3.05) is 33.0 Å². The molecule has 2 N–H and O–H groups in total. The highest BCUT2D eigenvalue weighted by Gasteiger charge is 2.19. The lowest BCUT2D eigenvalue weighted by molar-refractivity contribution is 0.0763. The first-order chi connectivity index (χ1) is 9.58. The van der Waals surface area contributed by atoms with Crippen molar-refractivity contribution >= 4 is 11.6 Å². The third-order valence-corrected chi connectivity index (χ3v) is 3.24. The molecule has 0 aromatic heterocycles. The predicted octanol–water partition coefficient (Wildman–Crippen LogP) is 2.55. The highest BCUT2D eigenvalue weighted by atomic mass is 16.5. The number of hydrogen-bond acceptors (Lipinski definition) is 4. The predicted molar refractivity (Wildman–Crippen MR) is 80.4 cm³/mol. The van der Waals surface area contributed by atoms with Crippen LogP contribution in [0.1, 0.15) is 37.0 Å². The number of rotatable bonds is 7. The van der Waals surface area contributed by atoms with Crippen molar-refractivity contribution in [3.63, 3.8) is 0 Å². The Balaban J connectivity index is 3.08. The molecular formula is C15H24N2O3. The third-order valence-electron chi connectivity index (χ3n) is 3.24. The quantitative estimate of drug-likeness (QED) is 0.780. The number of carbonyl (C=O) groups excluding carboxylic acids is 1. The highest BCUT2D eigenvalue weighted by molar-refractivity contribution is 6.00. The summed E-state index contributed by atoms with van der Waals surface area (Å²) >= 11 is 0. The molecule has 0 aliphatic heterocycles. The molecular weight excluding hydrogens is 256 g/mol. The molecule has 1 rings (SSSR count). The minimum absolute atomic E-state index is 0.0700. The average Bonchev–Trinajstić information content (AvgIpc) is 2.47. The van der Waals surface area contributed by atoms with Crippen molar-refractivity contribution < 1.29 is 14.3 Å². The van der Waals surface area contributed by atoms with Crippen LogP contribution in [-0.4, -0.2) is 38.1 Å². The van der Waals surface area contributed by atoms with Gasteiger partial charge in [-0.1, -0.05) is 13.3 Å². The van der Waals surface area contributed by atoms with E-state index in [0.717, 1.165) is 19.4 Å². The SMILES string of the molecule is CCCCN(CC)C(=O)c1cc(OC)c(OC)cc1N. The molecule has 0 saturated heterocycles. The van der Waals surface area contributed by atoms with E-state index < -0.39 is 0 Å². The summed E-state index contributed by atoms with van der Waals surface area (Å²) < 4.78 is 10.4. The molecule has 0 atom stereocenters. The van der Waals surface area contributed by atoms with Gasteiger partial charge in [-0.3, -0.25) is 4.79 Å². The topological polar surface area (TPSA) is 64.8 Å². The summed E-state index contributed by atoms with van der Waals surface area (Å²) in [6.45, 7) is 5.46. The fraction of sp³-hybridized carbons (Fsp3) is 0.533. The second kappa shape index (κ2) is 7.62. The molecule has 0 fully saturated rings. The van der Waals surface area contributed by atoms with Crippen LogP contribution in [0.4, 0.5) is 5.69 Å². The van der Waals surface area contributed by atoms with Gasteiger partial charge in [0.1, 0.15) is 0 Å². The molecule has 112 valence electrons. The van der Waals surface area contributed by atoms with Gasteiger partial charge in [-0.25, -0.2) is 0 Å². The van der Waals surface area contributed by atoms with Crippen LogP contribution in [0.5, 0.6) is 11.5 Å². The van der Waals surface area contributed by atoms with Crippen molar-refractivity contribution in [3.8, 4) is 11.5 Å². The van der Waals surface area contributed by atoms with E-state index in [9.17, 15) is 4.79 Å². The number of ether oxygens (including phenoxy) is 2. The summed E-state index contributed by atoms with van der Waals surface area (Å²) in [4.78, 5) is 14.3. The highest BCUT2D eigenvalue weighted by Crippen LogP contribution is 2.32. The van der Waals surface area contributed by atoms with Gasteiger partial charge in [-0.05, 0) is 19.4 Å². The lowest BCUT2D eigenvalue weighted by atomic mass is 10.1. The number of nitrogens with two attached hydrogens (primary N) is 1. The van der Waals surface area contributed by atoms with E-state index in [1.807, 2.05) is 6.92 Å². The molecule has 0 aliphatic rings. The Labute approximate surface area is 120 Å². The number of anilines is 1. The van der Waals surface area contributed by atoms with Crippen molar-refractivity contribution in [1.82, 2.24) is 4.90 Å². The molecule has 5 heteroatoms. The number of unbranched alkanes of at least 4 members (excludes halogenated alkanes) is 1. The third kappa shape index (κ3) is 3.56. The van der Waals surface area contributed by atoms with Crippen molar-refractivity contribution in [2.24, 2.45) is 0 Å². The molecule has 0 bridgehead atoms. The van der Waals surface area contributed by atoms with Gasteiger partial charge in [0.2, 0.25) is 0 Å².